The van der Waals surface area contributed by atoms with E-state index in [-0.39, 0.29) is 17.6 Å². The Kier molecular flexibility index (Phi) is 7.27. The van der Waals surface area contributed by atoms with Gasteiger partial charge in [-0.05, 0) is 30.4 Å². The van der Waals surface area contributed by atoms with Crippen LogP contribution in [-0.2, 0) is 14.3 Å². The fourth-order valence-corrected chi connectivity index (χ4v) is 3.60. The summed E-state index contributed by atoms with van der Waals surface area (Å²) >= 11 is 4.75. The Morgan fingerprint density at radius 3 is 2.73 bits per heavy atom. The number of thiocarbonyl (C=S) groups is 1. The lowest BCUT2D eigenvalue weighted by atomic mass is 10.2. The molecular weight excluding hydrogens is 413 g/mol. The third-order valence-electron chi connectivity index (χ3n) is 5.11. The van der Waals surface area contributed by atoms with Gasteiger partial charge >= 0.3 is 6.09 Å². The molecule has 0 spiro atoms. The summed E-state index contributed by atoms with van der Waals surface area (Å²) in [6.07, 6.45) is -0.621. The standard InChI is InChI=1S/C19H26FN5O4S/c1-28-9-4-17(26)24-7-5-23(6-8-24)16-3-2-13(10-15(16)20)25-12-14(29-19(25)27)11-22-18(21)30/h2-3,10,14H,4-9,11-12H2,1H3,(H3,21,22,30)/t14-/m0/s1. The Hall–Kier alpha value is -2.66. The molecule has 3 rings (SSSR count). The van der Waals surface area contributed by atoms with E-state index in [1.165, 1.54) is 11.0 Å². The number of hydrogen-bond donors (Lipinski definition) is 2. The van der Waals surface area contributed by atoms with Crippen LogP contribution >= 0.6 is 12.2 Å². The lowest BCUT2D eigenvalue weighted by molar-refractivity contribution is -0.132. The van der Waals surface area contributed by atoms with Crippen molar-refractivity contribution in [1.29, 1.82) is 0 Å². The minimum Gasteiger partial charge on any atom is -0.442 e. The average molecular weight is 440 g/mol. The number of hydrogen-bond acceptors (Lipinski definition) is 6. The van der Waals surface area contributed by atoms with Crippen molar-refractivity contribution in [3.8, 4) is 0 Å². The van der Waals surface area contributed by atoms with E-state index in [1.807, 2.05) is 4.90 Å². The Morgan fingerprint density at radius 2 is 2.10 bits per heavy atom. The zero-order valence-electron chi connectivity index (χ0n) is 16.8. The number of anilines is 2. The van der Waals surface area contributed by atoms with Crippen LogP contribution in [0.3, 0.4) is 0 Å². The fraction of sp³-hybridized carbons (Fsp3) is 0.526. The van der Waals surface area contributed by atoms with E-state index in [0.29, 0.717) is 57.1 Å². The molecule has 1 aromatic rings. The van der Waals surface area contributed by atoms with Crippen LogP contribution in [-0.4, -0.2) is 81.1 Å². The molecule has 0 aromatic heterocycles. The van der Waals surface area contributed by atoms with Crippen LogP contribution in [0, 0.1) is 5.82 Å². The van der Waals surface area contributed by atoms with Crippen molar-refractivity contribution in [2.24, 2.45) is 5.73 Å². The topological polar surface area (TPSA) is 100 Å². The van der Waals surface area contributed by atoms with Gasteiger partial charge in [-0.25, -0.2) is 9.18 Å². The number of cyclic esters (lactones) is 1. The molecule has 2 fully saturated rings. The zero-order chi connectivity index (χ0) is 21.7. The number of ether oxygens (including phenoxy) is 2. The highest BCUT2D eigenvalue weighted by Crippen LogP contribution is 2.28. The molecule has 30 heavy (non-hydrogen) atoms. The van der Waals surface area contributed by atoms with E-state index in [0.717, 1.165) is 0 Å². The number of amides is 2. The first kappa shape index (κ1) is 22.0. The summed E-state index contributed by atoms with van der Waals surface area (Å²) in [5, 5.41) is 2.88. The van der Waals surface area contributed by atoms with Gasteiger partial charge in [0.2, 0.25) is 5.91 Å². The van der Waals surface area contributed by atoms with Crippen LogP contribution < -0.4 is 20.9 Å². The molecule has 164 valence electrons. The van der Waals surface area contributed by atoms with Crippen LogP contribution in [0.4, 0.5) is 20.6 Å². The normalized spacial score (nSPS) is 19.1. The van der Waals surface area contributed by atoms with Gasteiger partial charge in [-0.2, -0.15) is 0 Å². The van der Waals surface area contributed by atoms with E-state index in [2.05, 4.69) is 5.32 Å². The van der Waals surface area contributed by atoms with Gasteiger partial charge in [0.1, 0.15) is 11.9 Å². The summed E-state index contributed by atoms with van der Waals surface area (Å²) in [5.41, 5.74) is 6.26. The maximum absolute atomic E-state index is 14.8. The highest BCUT2D eigenvalue weighted by atomic mass is 32.1. The number of halogens is 1. The van der Waals surface area contributed by atoms with E-state index in [1.54, 1.807) is 24.1 Å². The van der Waals surface area contributed by atoms with Crippen LogP contribution in [0.2, 0.25) is 0 Å². The lowest BCUT2D eigenvalue weighted by Crippen LogP contribution is -2.49. The van der Waals surface area contributed by atoms with Gasteiger partial charge in [-0.1, -0.05) is 0 Å². The summed E-state index contributed by atoms with van der Waals surface area (Å²) in [6, 6.07) is 4.68. The quantitative estimate of drug-likeness (QED) is 0.598. The minimum atomic E-state index is -0.542. The predicted molar refractivity (Wildman–Crippen MR) is 114 cm³/mol. The molecule has 9 nitrogen and oxygen atoms in total. The van der Waals surface area contributed by atoms with Crippen LogP contribution in [0.1, 0.15) is 6.42 Å². The number of carbonyl (C=O) groups excluding carboxylic acids is 2. The van der Waals surface area contributed by atoms with Gasteiger partial charge in [-0.3, -0.25) is 9.69 Å². The van der Waals surface area contributed by atoms with Gasteiger partial charge in [0.15, 0.2) is 5.11 Å². The Morgan fingerprint density at radius 1 is 1.37 bits per heavy atom. The molecule has 0 saturated carbocycles. The van der Waals surface area contributed by atoms with Gasteiger partial charge in [-0.15, -0.1) is 0 Å². The van der Waals surface area contributed by atoms with E-state index in [9.17, 15) is 14.0 Å². The second-order valence-electron chi connectivity index (χ2n) is 7.11. The second kappa shape index (κ2) is 9.90. The molecule has 2 aliphatic heterocycles. The molecule has 2 aliphatic rings. The molecule has 11 heteroatoms. The lowest BCUT2D eigenvalue weighted by Gasteiger charge is -2.36. The summed E-state index contributed by atoms with van der Waals surface area (Å²) in [5.74, 6) is -0.386. The third kappa shape index (κ3) is 5.28. The molecule has 0 aliphatic carbocycles. The van der Waals surface area contributed by atoms with Gasteiger partial charge in [0.05, 0.1) is 37.5 Å². The van der Waals surface area contributed by atoms with E-state index >= 15 is 0 Å². The molecule has 3 N–H and O–H groups in total. The SMILES string of the molecule is COCCC(=O)N1CCN(c2ccc(N3C[C@H](CNC(N)=S)OC3=O)cc2F)CC1. The summed E-state index contributed by atoms with van der Waals surface area (Å²) < 4.78 is 25.0. The summed E-state index contributed by atoms with van der Waals surface area (Å²) in [7, 11) is 1.56. The molecule has 2 heterocycles. The number of methoxy groups -OCH3 is 1. The van der Waals surface area contributed by atoms with E-state index in [4.69, 9.17) is 27.4 Å². The molecule has 1 atom stereocenters. The number of nitrogens with one attached hydrogen (secondary N) is 1. The van der Waals surface area contributed by atoms with Crippen molar-refractivity contribution >= 4 is 40.7 Å². The van der Waals surface area contributed by atoms with Crippen molar-refractivity contribution in [2.75, 3.05) is 62.8 Å². The number of rotatable bonds is 7. The first-order chi connectivity index (χ1) is 14.4. The molecule has 0 unspecified atom stereocenters. The maximum atomic E-state index is 14.8. The fourth-order valence-electron chi connectivity index (χ4n) is 3.52. The Bertz CT molecular complexity index is 803. The van der Waals surface area contributed by atoms with Crippen molar-refractivity contribution in [1.82, 2.24) is 10.2 Å². The number of piperazine rings is 1. The van der Waals surface area contributed by atoms with Crippen LogP contribution in [0.15, 0.2) is 18.2 Å². The molecule has 2 saturated heterocycles. The molecule has 0 radical (unpaired) electrons. The molecule has 1 aromatic carbocycles. The smallest absolute Gasteiger partial charge is 0.414 e. The van der Waals surface area contributed by atoms with Gasteiger partial charge in [0.25, 0.3) is 0 Å². The second-order valence-corrected chi connectivity index (χ2v) is 7.55. The highest BCUT2D eigenvalue weighted by Gasteiger charge is 2.33. The number of nitrogens with two attached hydrogens (primary N) is 1. The third-order valence-corrected chi connectivity index (χ3v) is 5.26. The van der Waals surface area contributed by atoms with Crippen molar-refractivity contribution in [2.45, 2.75) is 12.5 Å². The van der Waals surface area contributed by atoms with Crippen molar-refractivity contribution in [3.63, 3.8) is 0 Å². The Labute approximate surface area is 179 Å². The van der Waals surface area contributed by atoms with Crippen LogP contribution in [0.5, 0.6) is 0 Å². The monoisotopic (exact) mass is 439 g/mol. The molecule has 2 amide bonds. The van der Waals surface area contributed by atoms with E-state index < -0.39 is 18.0 Å². The average Bonchev–Trinajstić information content (AvgIpc) is 3.11. The van der Waals surface area contributed by atoms with Gasteiger partial charge in [0, 0.05) is 33.3 Å². The molecule has 0 bridgehead atoms. The predicted octanol–water partition coefficient (Wildman–Crippen LogP) is 0.669. The van der Waals surface area contributed by atoms with Crippen molar-refractivity contribution in [3.05, 3.63) is 24.0 Å². The molecular formula is C19H26FN5O4S. The number of benzene rings is 1. The maximum Gasteiger partial charge on any atom is 0.414 e. The van der Waals surface area contributed by atoms with Crippen LogP contribution in [0.25, 0.3) is 0 Å². The minimum absolute atomic E-state index is 0.0410. The summed E-state index contributed by atoms with van der Waals surface area (Å²) in [4.78, 5) is 29.3. The highest BCUT2D eigenvalue weighted by molar-refractivity contribution is 7.80. The van der Waals surface area contributed by atoms with Crippen molar-refractivity contribution < 1.29 is 23.5 Å². The zero-order valence-corrected chi connectivity index (χ0v) is 17.6. The first-order valence-electron chi connectivity index (χ1n) is 9.71. The number of nitrogens with zero attached hydrogens (tertiary/aromatic N) is 3. The summed E-state index contributed by atoms with van der Waals surface area (Å²) in [6.45, 7) is 3.09. The Balaban J connectivity index is 1.59. The largest absolute Gasteiger partial charge is 0.442 e. The van der Waals surface area contributed by atoms with Gasteiger partial charge < -0.3 is 30.3 Å². The first-order valence-corrected chi connectivity index (χ1v) is 10.1. The number of carbonyl (C=O) groups is 2.